The van der Waals surface area contributed by atoms with Crippen molar-refractivity contribution in [3.8, 4) is 0 Å². The highest BCUT2D eigenvalue weighted by molar-refractivity contribution is 5.97. The van der Waals surface area contributed by atoms with E-state index >= 15 is 0 Å². The molecule has 2 amide bonds. The van der Waals surface area contributed by atoms with Crippen LogP contribution >= 0.6 is 0 Å². The van der Waals surface area contributed by atoms with Gasteiger partial charge in [0, 0.05) is 11.3 Å². The molecule has 6 heteroatoms. The molecule has 2 aromatic rings. The third kappa shape index (κ3) is 3.24. The van der Waals surface area contributed by atoms with E-state index in [4.69, 9.17) is 9.15 Å². The Morgan fingerprint density at radius 3 is 2.60 bits per heavy atom. The number of cyclic esters (lactones) is 1. The zero-order chi connectivity index (χ0) is 18.1. The number of nitrogens with zero attached hydrogens (tertiary/aromatic N) is 1. The largest absolute Gasteiger partial charge is 0.466 e. The summed E-state index contributed by atoms with van der Waals surface area (Å²) in [5.74, 6) is 1.21. The average molecular weight is 342 g/mol. The van der Waals surface area contributed by atoms with Crippen LogP contribution in [0.15, 0.2) is 28.7 Å². The van der Waals surface area contributed by atoms with Gasteiger partial charge in [-0.2, -0.15) is 0 Å². The highest BCUT2D eigenvalue weighted by atomic mass is 16.6. The minimum Gasteiger partial charge on any atom is -0.466 e. The molecule has 0 aliphatic carbocycles. The third-order valence-electron chi connectivity index (χ3n) is 4.58. The molecule has 3 rings (SSSR count). The van der Waals surface area contributed by atoms with Gasteiger partial charge >= 0.3 is 6.09 Å². The molecule has 0 spiro atoms. The molecule has 25 heavy (non-hydrogen) atoms. The normalized spacial score (nSPS) is 15.2. The van der Waals surface area contributed by atoms with E-state index in [2.05, 4.69) is 5.32 Å². The number of furan rings is 1. The van der Waals surface area contributed by atoms with Gasteiger partial charge in [0.1, 0.15) is 18.1 Å². The molecule has 1 aliphatic rings. The zero-order valence-corrected chi connectivity index (χ0v) is 14.9. The van der Waals surface area contributed by atoms with E-state index in [0.29, 0.717) is 24.5 Å². The van der Waals surface area contributed by atoms with Crippen molar-refractivity contribution in [1.29, 1.82) is 0 Å². The monoisotopic (exact) mass is 342 g/mol. The van der Waals surface area contributed by atoms with Gasteiger partial charge in [-0.1, -0.05) is 12.1 Å². The van der Waals surface area contributed by atoms with Gasteiger partial charge < -0.3 is 14.5 Å². The van der Waals surface area contributed by atoms with Crippen molar-refractivity contribution in [2.24, 2.45) is 0 Å². The fourth-order valence-corrected chi connectivity index (χ4v) is 3.07. The van der Waals surface area contributed by atoms with Crippen LogP contribution in [0.25, 0.3) is 0 Å². The molecule has 1 saturated heterocycles. The number of amides is 2. The van der Waals surface area contributed by atoms with Crippen LogP contribution in [-0.4, -0.2) is 25.2 Å². The van der Waals surface area contributed by atoms with Gasteiger partial charge in [0.25, 0.3) is 5.91 Å². The molecule has 0 bridgehead atoms. The number of rotatable bonds is 4. The van der Waals surface area contributed by atoms with Crippen LogP contribution in [0.5, 0.6) is 0 Å². The molecule has 1 unspecified atom stereocenters. The lowest BCUT2D eigenvalue weighted by Crippen LogP contribution is -2.28. The fourth-order valence-electron chi connectivity index (χ4n) is 3.07. The quantitative estimate of drug-likeness (QED) is 0.920. The molecule has 1 atom stereocenters. The Hall–Kier alpha value is -2.76. The van der Waals surface area contributed by atoms with Crippen molar-refractivity contribution in [2.45, 2.75) is 33.7 Å². The van der Waals surface area contributed by atoms with E-state index < -0.39 is 0 Å². The molecule has 1 fully saturated rings. The number of hydrogen-bond donors (Lipinski definition) is 1. The maximum atomic E-state index is 12.6. The molecule has 132 valence electrons. The topological polar surface area (TPSA) is 71.8 Å². The number of nitrogens with one attached hydrogen (secondary N) is 1. The first-order valence-electron chi connectivity index (χ1n) is 8.30. The summed E-state index contributed by atoms with van der Waals surface area (Å²) in [7, 11) is 0. The minimum atomic E-state index is -0.339. The molecule has 0 radical (unpaired) electrons. The summed E-state index contributed by atoms with van der Waals surface area (Å²) in [6.07, 6.45) is -0.339. The number of carbonyl (C=O) groups excluding carboxylic acids is 2. The summed E-state index contributed by atoms with van der Waals surface area (Å²) in [5.41, 5.74) is 3.13. The number of hydrogen-bond acceptors (Lipinski definition) is 4. The van der Waals surface area contributed by atoms with Crippen LogP contribution in [0.3, 0.4) is 0 Å². The lowest BCUT2D eigenvalue weighted by Gasteiger charge is -2.18. The van der Waals surface area contributed by atoms with Crippen LogP contribution in [0.4, 0.5) is 10.5 Å². The number of ether oxygens (including phenoxy) is 1. The first-order valence-corrected chi connectivity index (χ1v) is 8.30. The minimum absolute atomic E-state index is 0.162. The van der Waals surface area contributed by atoms with Gasteiger partial charge in [0.05, 0.1) is 18.2 Å². The van der Waals surface area contributed by atoms with Crippen molar-refractivity contribution in [1.82, 2.24) is 5.32 Å². The maximum Gasteiger partial charge on any atom is 0.414 e. The second-order valence-corrected chi connectivity index (χ2v) is 6.27. The van der Waals surface area contributed by atoms with Crippen LogP contribution in [0.2, 0.25) is 0 Å². The highest BCUT2D eigenvalue weighted by Gasteiger charge is 2.25. The molecular formula is C19H22N2O4. The first-order chi connectivity index (χ1) is 11.9. The average Bonchev–Trinajstić information content (AvgIpc) is 3.10. The van der Waals surface area contributed by atoms with Gasteiger partial charge in [-0.25, -0.2) is 4.79 Å². The van der Waals surface area contributed by atoms with Crippen molar-refractivity contribution in [2.75, 3.05) is 18.1 Å². The third-order valence-corrected chi connectivity index (χ3v) is 4.58. The number of anilines is 1. The Morgan fingerprint density at radius 1 is 1.24 bits per heavy atom. The number of carbonyl (C=O) groups is 2. The van der Waals surface area contributed by atoms with E-state index in [1.54, 1.807) is 11.8 Å². The van der Waals surface area contributed by atoms with Crippen LogP contribution < -0.4 is 10.2 Å². The molecular weight excluding hydrogens is 320 g/mol. The molecule has 0 saturated carbocycles. The summed E-state index contributed by atoms with van der Waals surface area (Å²) in [6.45, 7) is 8.37. The predicted octanol–water partition coefficient (Wildman–Crippen LogP) is 3.65. The Kier molecular flexibility index (Phi) is 4.53. The standard InChI is InChI=1S/C19H22N2O4/c1-11-13(3)25-14(4)17(11)18(22)20-12(2)15-6-5-7-16(10-15)21-8-9-24-19(21)23/h5-7,10,12H,8-9H2,1-4H3,(H,20,22). The van der Waals surface area contributed by atoms with Crippen molar-refractivity contribution in [3.63, 3.8) is 0 Å². The van der Waals surface area contributed by atoms with Crippen LogP contribution in [0, 0.1) is 20.8 Å². The van der Waals surface area contributed by atoms with Gasteiger partial charge in [0.15, 0.2) is 0 Å². The summed E-state index contributed by atoms with van der Waals surface area (Å²) < 4.78 is 10.5. The van der Waals surface area contributed by atoms with Gasteiger partial charge in [-0.15, -0.1) is 0 Å². The second kappa shape index (κ2) is 6.63. The van der Waals surface area contributed by atoms with Crippen LogP contribution in [0.1, 0.15) is 46.0 Å². The molecule has 1 N–H and O–H groups in total. The molecule has 2 heterocycles. The van der Waals surface area contributed by atoms with E-state index in [1.807, 2.05) is 45.0 Å². The van der Waals surface area contributed by atoms with Crippen molar-refractivity contribution < 1.29 is 18.7 Å². The fraction of sp³-hybridized carbons (Fsp3) is 0.368. The smallest absolute Gasteiger partial charge is 0.414 e. The molecule has 1 aromatic carbocycles. The van der Waals surface area contributed by atoms with E-state index in [-0.39, 0.29) is 18.0 Å². The summed E-state index contributed by atoms with van der Waals surface area (Å²) in [5, 5.41) is 3.00. The van der Waals surface area contributed by atoms with Crippen LogP contribution in [-0.2, 0) is 4.74 Å². The molecule has 1 aliphatic heterocycles. The van der Waals surface area contributed by atoms with Gasteiger partial charge in [0.2, 0.25) is 0 Å². The Labute approximate surface area is 146 Å². The number of benzene rings is 1. The molecule has 1 aromatic heterocycles. The van der Waals surface area contributed by atoms with E-state index in [9.17, 15) is 9.59 Å². The number of aryl methyl sites for hydroxylation is 2. The lowest BCUT2D eigenvalue weighted by atomic mass is 10.1. The Bertz CT molecular complexity index is 825. The van der Waals surface area contributed by atoms with Crippen molar-refractivity contribution in [3.05, 3.63) is 52.5 Å². The Balaban J connectivity index is 1.78. The zero-order valence-electron chi connectivity index (χ0n) is 14.9. The van der Waals surface area contributed by atoms with Gasteiger partial charge in [-0.05, 0) is 45.4 Å². The van der Waals surface area contributed by atoms with Crippen molar-refractivity contribution >= 4 is 17.7 Å². The predicted molar refractivity (Wildman–Crippen MR) is 93.9 cm³/mol. The van der Waals surface area contributed by atoms with E-state index in [1.165, 1.54) is 0 Å². The first kappa shape index (κ1) is 17.1. The maximum absolute atomic E-state index is 12.6. The second-order valence-electron chi connectivity index (χ2n) is 6.27. The lowest BCUT2D eigenvalue weighted by molar-refractivity contribution is 0.0937. The SMILES string of the molecule is Cc1oc(C)c(C(=O)NC(C)c2cccc(N3CCOC3=O)c2)c1C. The highest BCUT2D eigenvalue weighted by Crippen LogP contribution is 2.25. The summed E-state index contributed by atoms with van der Waals surface area (Å²) >= 11 is 0. The Morgan fingerprint density at radius 2 is 2.00 bits per heavy atom. The van der Waals surface area contributed by atoms with Gasteiger partial charge in [-0.3, -0.25) is 9.69 Å². The van der Waals surface area contributed by atoms with E-state index in [0.717, 1.165) is 22.6 Å². The summed E-state index contributed by atoms with van der Waals surface area (Å²) in [6, 6.07) is 7.35. The summed E-state index contributed by atoms with van der Waals surface area (Å²) in [4.78, 5) is 25.9. The molecule has 6 nitrogen and oxygen atoms in total.